The quantitative estimate of drug-likeness (QED) is 0.179. The molecule has 0 N–H and O–H groups in total. The Morgan fingerprint density at radius 2 is 0.765 bits per heavy atom. The first-order chi connectivity index (χ1) is 25.0. The first-order valence-corrected chi connectivity index (χ1v) is 17.6. The largest absolute Gasteiger partial charge is 0.228 e. The first kappa shape index (κ1) is 30.7. The first-order valence-electron chi connectivity index (χ1n) is 17.6. The Labute approximate surface area is 299 Å². The van der Waals surface area contributed by atoms with Crippen LogP contribution in [0.2, 0.25) is 0 Å². The van der Waals surface area contributed by atoms with Crippen molar-refractivity contribution in [2.45, 2.75) is 19.3 Å². The van der Waals surface area contributed by atoms with Gasteiger partial charge in [0.25, 0.3) is 0 Å². The zero-order valence-electron chi connectivity index (χ0n) is 28.7. The lowest BCUT2D eigenvalue weighted by Gasteiger charge is -2.22. The molecule has 0 radical (unpaired) electrons. The summed E-state index contributed by atoms with van der Waals surface area (Å²) in [4.78, 5) is 10.2. The highest BCUT2D eigenvalue weighted by Crippen LogP contribution is 2.49. The van der Waals surface area contributed by atoms with Gasteiger partial charge in [-0.15, -0.1) is 0 Å². The van der Waals surface area contributed by atoms with Crippen molar-refractivity contribution in [3.63, 3.8) is 0 Å². The molecule has 1 aliphatic rings. The van der Waals surface area contributed by atoms with Crippen LogP contribution in [0.4, 0.5) is 0 Å². The highest BCUT2D eigenvalue weighted by molar-refractivity contribution is 5.84. The molecule has 0 aliphatic heterocycles. The SMILES string of the molecule is CC1(C)c2ccccc2-c2ccc(-c3ccc(-c4cccc(-c5cc(-c6ccccc6)nc(-c6ccc(-c7ccccc7)cc6)n5)c4)cc3)cc21. The van der Waals surface area contributed by atoms with Crippen LogP contribution in [0.15, 0.2) is 182 Å². The number of fused-ring (bicyclic) bond motifs is 3. The second-order valence-electron chi connectivity index (χ2n) is 13.9. The van der Waals surface area contributed by atoms with Gasteiger partial charge in [0.1, 0.15) is 0 Å². The van der Waals surface area contributed by atoms with Gasteiger partial charge in [0.2, 0.25) is 0 Å². The number of hydrogen-bond donors (Lipinski definition) is 0. The summed E-state index contributed by atoms with van der Waals surface area (Å²) in [6.07, 6.45) is 0. The summed E-state index contributed by atoms with van der Waals surface area (Å²) in [5, 5.41) is 0. The third-order valence-electron chi connectivity index (χ3n) is 10.3. The van der Waals surface area contributed by atoms with E-state index in [9.17, 15) is 0 Å². The van der Waals surface area contributed by atoms with Crippen LogP contribution in [0, 0.1) is 0 Å². The highest BCUT2D eigenvalue weighted by Gasteiger charge is 2.35. The summed E-state index contributed by atoms with van der Waals surface area (Å²) >= 11 is 0. The molecule has 9 rings (SSSR count). The summed E-state index contributed by atoms with van der Waals surface area (Å²) in [5.74, 6) is 0.710. The van der Waals surface area contributed by atoms with E-state index in [1.54, 1.807) is 0 Å². The van der Waals surface area contributed by atoms with E-state index >= 15 is 0 Å². The van der Waals surface area contributed by atoms with Crippen LogP contribution in [0.5, 0.6) is 0 Å². The Kier molecular flexibility index (Phi) is 7.51. The minimum atomic E-state index is -0.0187. The van der Waals surface area contributed by atoms with Crippen molar-refractivity contribution in [1.29, 1.82) is 0 Å². The van der Waals surface area contributed by atoms with Gasteiger partial charge in [-0.3, -0.25) is 0 Å². The number of benzene rings is 7. The molecule has 0 bridgehead atoms. The van der Waals surface area contributed by atoms with Gasteiger partial charge in [-0.25, -0.2) is 9.97 Å². The molecule has 2 nitrogen and oxygen atoms in total. The van der Waals surface area contributed by atoms with Crippen molar-refractivity contribution >= 4 is 0 Å². The average molecular weight is 653 g/mol. The van der Waals surface area contributed by atoms with E-state index in [2.05, 4.69) is 184 Å². The van der Waals surface area contributed by atoms with E-state index in [0.29, 0.717) is 5.82 Å². The van der Waals surface area contributed by atoms with Crippen LogP contribution in [0.3, 0.4) is 0 Å². The van der Waals surface area contributed by atoms with E-state index in [1.807, 2.05) is 12.1 Å². The second kappa shape index (κ2) is 12.5. The molecule has 0 saturated heterocycles. The van der Waals surface area contributed by atoms with Gasteiger partial charge >= 0.3 is 0 Å². The normalized spacial score (nSPS) is 12.7. The van der Waals surface area contributed by atoms with Gasteiger partial charge in [0, 0.05) is 22.1 Å². The highest BCUT2D eigenvalue weighted by atomic mass is 14.9. The number of hydrogen-bond acceptors (Lipinski definition) is 2. The Morgan fingerprint density at radius 3 is 1.45 bits per heavy atom. The number of rotatable bonds is 6. The van der Waals surface area contributed by atoms with Gasteiger partial charge < -0.3 is 0 Å². The third-order valence-corrected chi connectivity index (χ3v) is 10.3. The number of aromatic nitrogens is 2. The summed E-state index contributed by atoms with van der Waals surface area (Å²) < 4.78 is 0. The van der Waals surface area contributed by atoms with Crippen molar-refractivity contribution in [2.24, 2.45) is 0 Å². The van der Waals surface area contributed by atoms with E-state index < -0.39 is 0 Å². The van der Waals surface area contributed by atoms with Crippen LogP contribution >= 0.6 is 0 Å². The molecule has 0 saturated carbocycles. The van der Waals surface area contributed by atoms with Crippen LogP contribution in [0.1, 0.15) is 25.0 Å². The van der Waals surface area contributed by atoms with E-state index in [-0.39, 0.29) is 5.41 Å². The van der Waals surface area contributed by atoms with Crippen LogP contribution in [0.25, 0.3) is 78.4 Å². The van der Waals surface area contributed by atoms with Crippen LogP contribution in [-0.4, -0.2) is 9.97 Å². The molecular formula is C49H36N2. The van der Waals surface area contributed by atoms with Crippen LogP contribution < -0.4 is 0 Å². The van der Waals surface area contributed by atoms with Crippen molar-refractivity contribution in [2.75, 3.05) is 0 Å². The monoisotopic (exact) mass is 652 g/mol. The lowest BCUT2D eigenvalue weighted by atomic mass is 9.81. The molecule has 2 heteroatoms. The predicted octanol–water partition coefficient (Wildman–Crippen LogP) is 12.8. The molecule has 242 valence electrons. The molecule has 1 aliphatic carbocycles. The molecule has 7 aromatic carbocycles. The molecule has 0 amide bonds. The average Bonchev–Trinajstić information content (AvgIpc) is 3.44. The molecule has 0 atom stereocenters. The molecule has 51 heavy (non-hydrogen) atoms. The summed E-state index contributed by atoms with van der Waals surface area (Å²) in [6, 6.07) is 64.8. The summed E-state index contributed by atoms with van der Waals surface area (Å²) in [7, 11) is 0. The molecule has 1 aromatic heterocycles. The van der Waals surface area contributed by atoms with Gasteiger partial charge in [-0.05, 0) is 73.8 Å². The zero-order chi connectivity index (χ0) is 34.4. The van der Waals surface area contributed by atoms with Crippen molar-refractivity contribution < 1.29 is 0 Å². The Morgan fingerprint density at radius 1 is 0.314 bits per heavy atom. The maximum Gasteiger partial charge on any atom is 0.160 e. The van der Waals surface area contributed by atoms with Gasteiger partial charge in [0.05, 0.1) is 11.4 Å². The minimum Gasteiger partial charge on any atom is -0.228 e. The van der Waals surface area contributed by atoms with Gasteiger partial charge in [-0.1, -0.05) is 178 Å². The maximum absolute atomic E-state index is 5.13. The molecule has 0 fully saturated rings. The Balaban J connectivity index is 1.05. The van der Waals surface area contributed by atoms with E-state index in [0.717, 1.165) is 33.6 Å². The summed E-state index contributed by atoms with van der Waals surface area (Å²) in [5.41, 5.74) is 17.5. The van der Waals surface area contributed by atoms with E-state index in [1.165, 1.54) is 50.1 Å². The van der Waals surface area contributed by atoms with Gasteiger partial charge in [0.15, 0.2) is 5.82 Å². The van der Waals surface area contributed by atoms with E-state index in [4.69, 9.17) is 9.97 Å². The smallest absolute Gasteiger partial charge is 0.160 e. The standard InChI is InChI=1S/C49H36N2/c1-49(2)44-19-10-9-18-42(44)43-29-28-40(31-45(43)49)36-22-20-35(21-23-36)39-16-11-17-41(30-39)47-32-46(37-14-7-4-8-15-37)50-48(51-47)38-26-24-34(25-27-38)33-12-5-3-6-13-33/h3-32H,1-2H3. The Hall–Kier alpha value is -6.38. The third kappa shape index (κ3) is 5.65. The molecule has 1 heterocycles. The Bertz CT molecular complexity index is 2510. The van der Waals surface area contributed by atoms with Crippen molar-refractivity contribution in [1.82, 2.24) is 9.97 Å². The van der Waals surface area contributed by atoms with Crippen LogP contribution in [-0.2, 0) is 5.41 Å². The molecule has 0 spiro atoms. The van der Waals surface area contributed by atoms with Crippen molar-refractivity contribution in [3.05, 3.63) is 193 Å². The van der Waals surface area contributed by atoms with Gasteiger partial charge in [-0.2, -0.15) is 0 Å². The maximum atomic E-state index is 5.13. The summed E-state index contributed by atoms with van der Waals surface area (Å²) in [6.45, 7) is 4.67. The minimum absolute atomic E-state index is 0.0187. The lowest BCUT2D eigenvalue weighted by Crippen LogP contribution is -2.14. The lowest BCUT2D eigenvalue weighted by molar-refractivity contribution is 0.660. The fraction of sp³-hybridized carbons (Fsp3) is 0.0612. The van der Waals surface area contributed by atoms with Crippen molar-refractivity contribution in [3.8, 4) is 78.4 Å². The second-order valence-corrected chi connectivity index (χ2v) is 13.9. The fourth-order valence-electron chi connectivity index (χ4n) is 7.52. The topological polar surface area (TPSA) is 25.8 Å². The fourth-order valence-corrected chi connectivity index (χ4v) is 7.52. The zero-order valence-corrected chi connectivity index (χ0v) is 28.7. The molecular weight excluding hydrogens is 617 g/mol. The molecule has 8 aromatic rings. The predicted molar refractivity (Wildman–Crippen MR) is 212 cm³/mol. The number of nitrogens with zero attached hydrogens (tertiary/aromatic N) is 2. The molecule has 0 unspecified atom stereocenters.